The van der Waals surface area contributed by atoms with Gasteiger partial charge in [-0.25, -0.2) is 4.98 Å². The van der Waals surface area contributed by atoms with Crippen molar-refractivity contribution in [2.45, 2.75) is 40.5 Å². The van der Waals surface area contributed by atoms with Crippen molar-refractivity contribution in [3.8, 4) is 11.3 Å². The lowest BCUT2D eigenvalue weighted by Gasteiger charge is -2.16. The van der Waals surface area contributed by atoms with Gasteiger partial charge < -0.3 is 10.7 Å². The SMILES string of the molecule is Cc1cc(C)c(-c2cnc(C(CN)C(C)C)[nH]2)c(C)c1. The molecular formula is C17H25N3. The highest BCUT2D eigenvalue weighted by molar-refractivity contribution is 5.67. The highest BCUT2D eigenvalue weighted by Gasteiger charge is 2.18. The zero-order chi connectivity index (χ0) is 14.9. The van der Waals surface area contributed by atoms with E-state index >= 15 is 0 Å². The van der Waals surface area contributed by atoms with Crippen LogP contribution >= 0.6 is 0 Å². The first-order chi connectivity index (χ1) is 9.43. The van der Waals surface area contributed by atoms with Crippen molar-refractivity contribution in [2.75, 3.05) is 6.54 Å². The fourth-order valence-corrected chi connectivity index (χ4v) is 2.96. The number of benzene rings is 1. The van der Waals surface area contributed by atoms with Crippen LogP contribution in [0.3, 0.4) is 0 Å². The van der Waals surface area contributed by atoms with Crippen molar-refractivity contribution < 1.29 is 0 Å². The Labute approximate surface area is 121 Å². The molecular weight excluding hydrogens is 246 g/mol. The Hall–Kier alpha value is -1.61. The van der Waals surface area contributed by atoms with E-state index in [1.807, 2.05) is 6.20 Å². The van der Waals surface area contributed by atoms with Gasteiger partial charge in [-0.2, -0.15) is 0 Å². The van der Waals surface area contributed by atoms with Crippen molar-refractivity contribution in [1.82, 2.24) is 9.97 Å². The molecule has 2 rings (SSSR count). The summed E-state index contributed by atoms with van der Waals surface area (Å²) in [6, 6.07) is 4.43. The lowest BCUT2D eigenvalue weighted by atomic mass is 9.95. The van der Waals surface area contributed by atoms with Crippen LogP contribution in [0.2, 0.25) is 0 Å². The third-order valence-corrected chi connectivity index (χ3v) is 3.95. The number of H-pyrrole nitrogens is 1. The number of rotatable bonds is 4. The number of aromatic amines is 1. The van der Waals surface area contributed by atoms with Gasteiger partial charge in [0.2, 0.25) is 0 Å². The fraction of sp³-hybridized carbons (Fsp3) is 0.471. The van der Waals surface area contributed by atoms with Gasteiger partial charge in [0, 0.05) is 18.0 Å². The van der Waals surface area contributed by atoms with Gasteiger partial charge in [0.1, 0.15) is 5.82 Å². The molecule has 2 aromatic rings. The van der Waals surface area contributed by atoms with Crippen LogP contribution in [0.4, 0.5) is 0 Å². The summed E-state index contributed by atoms with van der Waals surface area (Å²) in [6.07, 6.45) is 1.94. The van der Waals surface area contributed by atoms with Crippen LogP contribution in [0, 0.1) is 26.7 Å². The molecule has 0 amide bonds. The molecule has 0 radical (unpaired) electrons. The molecule has 0 aliphatic carbocycles. The van der Waals surface area contributed by atoms with Gasteiger partial charge >= 0.3 is 0 Å². The number of aromatic nitrogens is 2. The standard InChI is InChI=1S/C17H25N3/c1-10(2)14(8-18)17-19-9-15(20-17)16-12(4)6-11(3)7-13(16)5/h6-7,9-10,14H,8,18H2,1-5H3,(H,19,20). The van der Waals surface area contributed by atoms with Crippen LogP contribution < -0.4 is 5.73 Å². The monoisotopic (exact) mass is 271 g/mol. The quantitative estimate of drug-likeness (QED) is 0.891. The summed E-state index contributed by atoms with van der Waals surface area (Å²) < 4.78 is 0. The predicted octanol–water partition coefficient (Wildman–Crippen LogP) is 3.70. The van der Waals surface area contributed by atoms with Crippen molar-refractivity contribution in [1.29, 1.82) is 0 Å². The number of nitrogens with one attached hydrogen (secondary N) is 1. The maximum absolute atomic E-state index is 5.87. The molecule has 3 nitrogen and oxygen atoms in total. The van der Waals surface area contributed by atoms with Crippen LogP contribution in [0.25, 0.3) is 11.3 Å². The Morgan fingerprint density at radius 3 is 2.25 bits per heavy atom. The van der Waals surface area contributed by atoms with Crippen molar-refractivity contribution in [3.05, 3.63) is 40.8 Å². The second-order valence-electron chi connectivity index (χ2n) is 6.04. The van der Waals surface area contributed by atoms with Gasteiger partial charge in [0.25, 0.3) is 0 Å². The second-order valence-corrected chi connectivity index (χ2v) is 6.04. The minimum Gasteiger partial charge on any atom is -0.342 e. The van der Waals surface area contributed by atoms with Crippen LogP contribution in [0.15, 0.2) is 18.3 Å². The highest BCUT2D eigenvalue weighted by Crippen LogP contribution is 2.29. The topological polar surface area (TPSA) is 54.7 Å². The van der Waals surface area contributed by atoms with E-state index < -0.39 is 0 Å². The van der Waals surface area contributed by atoms with E-state index in [0.29, 0.717) is 12.5 Å². The molecule has 0 aliphatic heterocycles. The molecule has 20 heavy (non-hydrogen) atoms. The third kappa shape index (κ3) is 2.78. The van der Waals surface area contributed by atoms with Gasteiger partial charge in [-0.1, -0.05) is 31.5 Å². The van der Waals surface area contributed by atoms with E-state index in [-0.39, 0.29) is 5.92 Å². The molecule has 1 unspecified atom stereocenters. The summed E-state index contributed by atoms with van der Waals surface area (Å²) >= 11 is 0. The molecule has 0 saturated heterocycles. The third-order valence-electron chi connectivity index (χ3n) is 3.95. The Bertz CT molecular complexity index is 573. The van der Waals surface area contributed by atoms with Gasteiger partial charge in [-0.3, -0.25) is 0 Å². The minimum atomic E-state index is 0.287. The van der Waals surface area contributed by atoms with Crippen LogP contribution in [-0.4, -0.2) is 16.5 Å². The molecule has 0 aliphatic rings. The number of hydrogen-bond donors (Lipinski definition) is 2. The lowest BCUT2D eigenvalue weighted by molar-refractivity contribution is 0.487. The molecule has 0 spiro atoms. The summed E-state index contributed by atoms with van der Waals surface area (Å²) in [7, 11) is 0. The van der Waals surface area contributed by atoms with Gasteiger partial charge in [-0.15, -0.1) is 0 Å². The lowest BCUT2D eigenvalue weighted by Crippen LogP contribution is -2.19. The normalized spacial score (nSPS) is 12.9. The van der Waals surface area contributed by atoms with Crippen LogP contribution in [-0.2, 0) is 0 Å². The Morgan fingerprint density at radius 2 is 1.75 bits per heavy atom. The number of aryl methyl sites for hydroxylation is 3. The summed E-state index contributed by atoms with van der Waals surface area (Å²) in [6.45, 7) is 11.4. The zero-order valence-electron chi connectivity index (χ0n) is 13.1. The van der Waals surface area contributed by atoms with Crippen LogP contribution in [0.5, 0.6) is 0 Å². The van der Waals surface area contributed by atoms with E-state index in [1.54, 1.807) is 0 Å². The number of hydrogen-bond acceptors (Lipinski definition) is 2. The molecule has 1 aromatic carbocycles. The van der Waals surface area contributed by atoms with E-state index in [1.165, 1.54) is 22.3 Å². The number of imidazole rings is 1. The highest BCUT2D eigenvalue weighted by atomic mass is 14.9. The van der Waals surface area contributed by atoms with Crippen molar-refractivity contribution in [2.24, 2.45) is 11.7 Å². The van der Waals surface area contributed by atoms with E-state index in [9.17, 15) is 0 Å². The van der Waals surface area contributed by atoms with Gasteiger partial charge in [0.05, 0.1) is 11.9 Å². The molecule has 0 fully saturated rings. The summed E-state index contributed by atoms with van der Waals surface area (Å²) in [5.74, 6) is 1.77. The molecule has 108 valence electrons. The van der Waals surface area contributed by atoms with E-state index in [4.69, 9.17) is 5.73 Å². The molecule has 3 heteroatoms. The summed E-state index contributed by atoms with van der Waals surface area (Å²) in [5, 5.41) is 0. The minimum absolute atomic E-state index is 0.287. The average molecular weight is 271 g/mol. The Balaban J connectivity index is 2.43. The first kappa shape index (κ1) is 14.8. The first-order valence-corrected chi connectivity index (χ1v) is 7.27. The molecule has 3 N–H and O–H groups in total. The molecule has 1 heterocycles. The smallest absolute Gasteiger partial charge is 0.111 e. The maximum atomic E-state index is 5.87. The van der Waals surface area contributed by atoms with Crippen LogP contribution in [0.1, 0.15) is 42.3 Å². The molecule has 0 bridgehead atoms. The van der Waals surface area contributed by atoms with Gasteiger partial charge in [0.15, 0.2) is 0 Å². The largest absolute Gasteiger partial charge is 0.342 e. The van der Waals surface area contributed by atoms with E-state index in [0.717, 1.165) is 11.5 Å². The second kappa shape index (κ2) is 5.80. The first-order valence-electron chi connectivity index (χ1n) is 7.27. The maximum Gasteiger partial charge on any atom is 0.111 e. The fourth-order valence-electron chi connectivity index (χ4n) is 2.96. The molecule has 1 aromatic heterocycles. The number of nitrogens with two attached hydrogens (primary N) is 1. The zero-order valence-corrected chi connectivity index (χ0v) is 13.1. The van der Waals surface area contributed by atoms with Crippen molar-refractivity contribution in [3.63, 3.8) is 0 Å². The molecule has 1 atom stereocenters. The Kier molecular flexibility index (Phi) is 4.29. The summed E-state index contributed by atoms with van der Waals surface area (Å²) in [4.78, 5) is 8.03. The Morgan fingerprint density at radius 1 is 1.15 bits per heavy atom. The predicted molar refractivity (Wildman–Crippen MR) is 84.9 cm³/mol. The summed E-state index contributed by atoms with van der Waals surface area (Å²) in [5.41, 5.74) is 12.1. The van der Waals surface area contributed by atoms with E-state index in [2.05, 4.69) is 56.7 Å². The number of nitrogens with zero attached hydrogens (tertiary/aromatic N) is 1. The molecule has 0 saturated carbocycles. The van der Waals surface area contributed by atoms with Crippen molar-refractivity contribution >= 4 is 0 Å². The van der Waals surface area contributed by atoms with Gasteiger partial charge in [-0.05, 0) is 37.8 Å². The average Bonchev–Trinajstić information content (AvgIpc) is 2.77.